The number of benzene rings is 1. The van der Waals surface area contributed by atoms with Crippen molar-refractivity contribution in [1.82, 2.24) is 5.32 Å². The second-order valence-electron chi connectivity index (χ2n) is 6.26. The monoisotopic (exact) mass is 372 g/mol. The van der Waals surface area contributed by atoms with Crippen LogP contribution in [0.15, 0.2) is 24.3 Å². The van der Waals surface area contributed by atoms with E-state index in [1.165, 1.54) is 44.2 Å². The number of hydrogen-bond acceptors (Lipinski definition) is 2. The minimum atomic E-state index is -4.50. The molecule has 1 aromatic carbocycles. The van der Waals surface area contributed by atoms with Crippen LogP contribution in [0.2, 0.25) is 0 Å². The summed E-state index contributed by atoms with van der Waals surface area (Å²) >= 11 is 0. The number of nitrogens with one attached hydrogen (secondary N) is 2. The number of rotatable bonds is 10. The molecule has 0 atom stereocenters. The van der Waals surface area contributed by atoms with E-state index in [9.17, 15) is 22.8 Å². The Balaban J connectivity index is 2.24. The van der Waals surface area contributed by atoms with E-state index in [1.807, 2.05) is 0 Å². The van der Waals surface area contributed by atoms with Crippen LogP contribution in [0, 0.1) is 0 Å². The molecule has 0 fully saturated rings. The van der Waals surface area contributed by atoms with Gasteiger partial charge >= 0.3 is 18.0 Å². The highest BCUT2D eigenvalue weighted by atomic mass is 19.4. The molecule has 1 aromatic rings. The first-order valence-electron chi connectivity index (χ1n) is 9.11. The fraction of sp³-hybridized carbons (Fsp3) is 0.579. The molecular formula is C19H27F3N2O2. The highest BCUT2D eigenvalue weighted by Gasteiger charge is 2.30. The molecule has 0 aliphatic heterocycles. The van der Waals surface area contributed by atoms with Gasteiger partial charge in [0.25, 0.3) is 0 Å². The maximum absolute atomic E-state index is 12.6. The van der Waals surface area contributed by atoms with Crippen LogP contribution in [-0.2, 0) is 15.8 Å². The summed E-state index contributed by atoms with van der Waals surface area (Å²) in [5, 5.41) is 4.67. The van der Waals surface area contributed by atoms with Gasteiger partial charge in [-0.05, 0) is 24.6 Å². The lowest BCUT2D eigenvalue weighted by Crippen LogP contribution is -2.35. The third-order valence-electron chi connectivity index (χ3n) is 3.97. The molecule has 0 saturated heterocycles. The molecule has 0 unspecified atom stereocenters. The summed E-state index contributed by atoms with van der Waals surface area (Å²) in [5.74, 6) is -1.81. The Morgan fingerprint density at radius 1 is 0.923 bits per heavy atom. The molecule has 0 aliphatic rings. The van der Waals surface area contributed by atoms with Crippen molar-refractivity contribution < 1.29 is 22.8 Å². The van der Waals surface area contributed by atoms with Gasteiger partial charge in [-0.25, -0.2) is 0 Å². The second-order valence-corrected chi connectivity index (χ2v) is 6.26. The Bertz CT molecular complexity index is 574. The van der Waals surface area contributed by atoms with E-state index in [4.69, 9.17) is 0 Å². The number of carbonyl (C=O) groups is 2. The van der Waals surface area contributed by atoms with Gasteiger partial charge in [0, 0.05) is 12.2 Å². The molecular weight excluding hydrogens is 345 g/mol. The Morgan fingerprint density at radius 2 is 1.54 bits per heavy atom. The Labute approximate surface area is 152 Å². The normalized spacial score (nSPS) is 11.2. The van der Waals surface area contributed by atoms with Crippen LogP contribution >= 0.6 is 0 Å². The van der Waals surface area contributed by atoms with Crippen molar-refractivity contribution in [3.05, 3.63) is 29.8 Å². The van der Waals surface area contributed by atoms with Crippen LogP contribution in [-0.4, -0.2) is 18.4 Å². The van der Waals surface area contributed by atoms with E-state index in [2.05, 4.69) is 17.6 Å². The molecule has 2 amide bonds. The van der Waals surface area contributed by atoms with Crippen LogP contribution in [0.4, 0.5) is 18.9 Å². The van der Waals surface area contributed by atoms with Gasteiger partial charge in [0.15, 0.2) is 0 Å². The van der Waals surface area contributed by atoms with E-state index in [1.54, 1.807) is 0 Å². The first kappa shape index (κ1) is 22.0. The lowest BCUT2D eigenvalue weighted by atomic mass is 10.1. The molecule has 0 heterocycles. The SMILES string of the molecule is CCCCCCCCCCNC(=O)C(=O)Nc1cccc(C(F)(F)F)c1. The standard InChI is InChI=1S/C19H27F3N2O2/c1-2-3-4-5-6-7-8-9-13-23-17(25)18(26)24-16-12-10-11-15(14-16)19(20,21)22/h10-12,14H,2-9,13H2,1H3,(H,23,25)(H,24,26). The average Bonchev–Trinajstić information content (AvgIpc) is 2.59. The second kappa shape index (κ2) is 11.5. The van der Waals surface area contributed by atoms with E-state index >= 15 is 0 Å². The molecule has 2 N–H and O–H groups in total. The summed E-state index contributed by atoms with van der Waals surface area (Å²) in [5.41, 5.74) is -0.943. The minimum absolute atomic E-state index is 0.0629. The molecule has 0 saturated carbocycles. The highest BCUT2D eigenvalue weighted by molar-refractivity contribution is 6.39. The van der Waals surface area contributed by atoms with Crippen molar-refractivity contribution in [2.45, 2.75) is 64.5 Å². The number of anilines is 1. The number of amides is 2. The molecule has 0 aromatic heterocycles. The summed E-state index contributed by atoms with van der Waals surface area (Å²) in [6.07, 6.45) is 4.46. The number of hydrogen-bond donors (Lipinski definition) is 2. The molecule has 26 heavy (non-hydrogen) atoms. The summed E-state index contributed by atoms with van der Waals surface area (Å²) in [7, 11) is 0. The molecule has 1 rings (SSSR count). The van der Waals surface area contributed by atoms with Gasteiger partial charge in [-0.3, -0.25) is 9.59 Å². The Kier molecular flexibility index (Phi) is 9.76. The van der Waals surface area contributed by atoms with Crippen LogP contribution in [0.5, 0.6) is 0 Å². The fourth-order valence-corrected chi connectivity index (χ4v) is 2.50. The summed E-state index contributed by atoms with van der Waals surface area (Å²) < 4.78 is 37.9. The molecule has 0 spiro atoms. The van der Waals surface area contributed by atoms with Crippen LogP contribution in [0.1, 0.15) is 63.9 Å². The molecule has 0 bridgehead atoms. The van der Waals surface area contributed by atoms with E-state index < -0.39 is 23.6 Å². The molecule has 7 heteroatoms. The van der Waals surface area contributed by atoms with Crippen LogP contribution in [0.3, 0.4) is 0 Å². The predicted molar refractivity (Wildman–Crippen MR) is 95.7 cm³/mol. The van der Waals surface area contributed by atoms with E-state index in [0.717, 1.165) is 31.4 Å². The van der Waals surface area contributed by atoms with Crippen molar-refractivity contribution in [3.63, 3.8) is 0 Å². The lowest BCUT2D eigenvalue weighted by molar-refractivity contribution is -0.137. The molecule has 0 aliphatic carbocycles. The fourth-order valence-electron chi connectivity index (χ4n) is 2.50. The lowest BCUT2D eigenvalue weighted by Gasteiger charge is -2.10. The van der Waals surface area contributed by atoms with Gasteiger partial charge in [-0.15, -0.1) is 0 Å². The first-order chi connectivity index (χ1) is 12.3. The average molecular weight is 372 g/mol. The van der Waals surface area contributed by atoms with Crippen molar-refractivity contribution >= 4 is 17.5 Å². The minimum Gasteiger partial charge on any atom is -0.348 e. The topological polar surface area (TPSA) is 58.2 Å². The van der Waals surface area contributed by atoms with Gasteiger partial charge in [0.05, 0.1) is 5.56 Å². The summed E-state index contributed by atoms with van der Waals surface area (Å²) in [4.78, 5) is 23.4. The molecule has 146 valence electrons. The largest absolute Gasteiger partial charge is 0.416 e. The zero-order chi connectivity index (χ0) is 19.4. The summed E-state index contributed by atoms with van der Waals surface area (Å²) in [6, 6.07) is 4.18. The number of unbranched alkanes of at least 4 members (excludes halogenated alkanes) is 7. The van der Waals surface area contributed by atoms with Crippen molar-refractivity contribution in [2.24, 2.45) is 0 Å². The Hall–Kier alpha value is -2.05. The van der Waals surface area contributed by atoms with Gasteiger partial charge in [-0.2, -0.15) is 13.2 Å². The number of alkyl halides is 3. The highest BCUT2D eigenvalue weighted by Crippen LogP contribution is 2.30. The third-order valence-corrected chi connectivity index (χ3v) is 3.97. The van der Waals surface area contributed by atoms with Gasteiger partial charge in [0.2, 0.25) is 0 Å². The van der Waals surface area contributed by atoms with E-state index in [-0.39, 0.29) is 5.69 Å². The van der Waals surface area contributed by atoms with Crippen LogP contribution in [0.25, 0.3) is 0 Å². The zero-order valence-electron chi connectivity index (χ0n) is 15.1. The third kappa shape index (κ3) is 8.87. The Morgan fingerprint density at radius 3 is 2.15 bits per heavy atom. The van der Waals surface area contributed by atoms with Crippen molar-refractivity contribution in [3.8, 4) is 0 Å². The molecule has 4 nitrogen and oxygen atoms in total. The maximum atomic E-state index is 12.6. The zero-order valence-corrected chi connectivity index (χ0v) is 15.1. The van der Waals surface area contributed by atoms with Gasteiger partial charge < -0.3 is 10.6 Å². The summed E-state index contributed by atoms with van der Waals surface area (Å²) in [6.45, 7) is 2.55. The quantitative estimate of drug-likeness (QED) is 0.453. The predicted octanol–water partition coefficient (Wildman–Crippen LogP) is 4.90. The number of halogens is 3. The van der Waals surface area contributed by atoms with Crippen molar-refractivity contribution in [1.29, 1.82) is 0 Å². The van der Waals surface area contributed by atoms with Gasteiger partial charge in [-0.1, -0.05) is 57.9 Å². The number of carbonyl (C=O) groups excluding carboxylic acids is 2. The van der Waals surface area contributed by atoms with Gasteiger partial charge in [0.1, 0.15) is 0 Å². The maximum Gasteiger partial charge on any atom is 0.416 e. The first-order valence-corrected chi connectivity index (χ1v) is 9.11. The smallest absolute Gasteiger partial charge is 0.348 e. The van der Waals surface area contributed by atoms with Crippen molar-refractivity contribution in [2.75, 3.05) is 11.9 Å². The molecule has 0 radical (unpaired) electrons. The van der Waals surface area contributed by atoms with E-state index in [0.29, 0.717) is 6.54 Å². The van der Waals surface area contributed by atoms with Crippen LogP contribution < -0.4 is 10.6 Å².